The van der Waals surface area contributed by atoms with E-state index >= 15 is 0 Å². The van der Waals surface area contributed by atoms with Crippen LogP contribution in [0.3, 0.4) is 0 Å². The Kier molecular flexibility index (Phi) is 5.91. The molecule has 27 heavy (non-hydrogen) atoms. The highest BCUT2D eigenvalue weighted by Gasteiger charge is 2.20. The number of nitrogens with one attached hydrogen (secondary N) is 1. The molecule has 6 nitrogen and oxygen atoms in total. The molecule has 0 aliphatic carbocycles. The molecule has 1 fully saturated rings. The van der Waals surface area contributed by atoms with E-state index in [1.165, 1.54) is 4.88 Å². The van der Waals surface area contributed by atoms with E-state index in [-0.39, 0.29) is 18.8 Å². The third-order valence-corrected chi connectivity index (χ3v) is 5.62. The third kappa shape index (κ3) is 4.80. The fourth-order valence-electron chi connectivity index (χ4n) is 3.34. The highest BCUT2D eigenvalue weighted by molar-refractivity contribution is 7.09. The van der Waals surface area contributed by atoms with Crippen LogP contribution in [-0.2, 0) is 22.6 Å². The lowest BCUT2D eigenvalue weighted by molar-refractivity contribution is -0.131. The van der Waals surface area contributed by atoms with E-state index in [4.69, 9.17) is 14.2 Å². The number of carbonyl (C=O) groups is 1. The van der Waals surface area contributed by atoms with Crippen LogP contribution in [0.25, 0.3) is 0 Å². The van der Waals surface area contributed by atoms with Crippen molar-refractivity contribution in [2.24, 2.45) is 0 Å². The van der Waals surface area contributed by atoms with Crippen molar-refractivity contribution in [2.75, 3.05) is 26.5 Å². The van der Waals surface area contributed by atoms with Gasteiger partial charge in [0.15, 0.2) is 11.5 Å². The van der Waals surface area contributed by atoms with Gasteiger partial charge >= 0.3 is 0 Å². The molecule has 1 aromatic heterocycles. The second-order valence-corrected chi connectivity index (χ2v) is 7.81. The van der Waals surface area contributed by atoms with Gasteiger partial charge in [0, 0.05) is 24.6 Å². The van der Waals surface area contributed by atoms with Crippen molar-refractivity contribution in [3.63, 3.8) is 0 Å². The summed E-state index contributed by atoms with van der Waals surface area (Å²) >= 11 is 1.66. The van der Waals surface area contributed by atoms with Crippen molar-refractivity contribution >= 4 is 17.2 Å². The van der Waals surface area contributed by atoms with Crippen molar-refractivity contribution < 1.29 is 19.0 Å². The van der Waals surface area contributed by atoms with Gasteiger partial charge in [0.05, 0.1) is 19.2 Å². The van der Waals surface area contributed by atoms with Gasteiger partial charge in [-0.25, -0.2) is 0 Å². The summed E-state index contributed by atoms with van der Waals surface area (Å²) in [7, 11) is 0. The molecular weight excluding hydrogens is 364 g/mol. The molecule has 3 heterocycles. The monoisotopic (exact) mass is 388 g/mol. The molecule has 1 atom stereocenters. The van der Waals surface area contributed by atoms with Gasteiger partial charge in [-0.15, -0.1) is 11.3 Å². The molecule has 0 unspecified atom stereocenters. The Morgan fingerprint density at radius 1 is 1.22 bits per heavy atom. The summed E-state index contributed by atoms with van der Waals surface area (Å²) in [5, 5.41) is 5.29. The summed E-state index contributed by atoms with van der Waals surface area (Å²) in [5.74, 6) is 1.58. The van der Waals surface area contributed by atoms with Gasteiger partial charge in [0.1, 0.15) is 0 Å². The molecule has 1 amide bonds. The largest absolute Gasteiger partial charge is 0.454 e. The summed E-state index contributed by atoms with van der Waals surface area (Å²) in [5.41, 5.74) is 1.03. The van der Waals surface area contributed by atoms with Crippen LogP contribution in [0.4, 0.5) is 0 Å². The maximum atomic E-state index is 12.9. The van der Waals surface area contributed by atoms with E-state index in [0.717, 1.165) is 43.1 Å². The normalized spacial score (nSPS) is 18.0. The minimum Gasteiger partial charge on any atom is -0.454 e. The molecule has 2 aliphatic rings. The summed E-state index contributed by atoms with van der Waals surface area (Å²) in [6.45, 7) is 3.26. The molecule has 0 bridgehead atoms. The topological polar surface area (TPSA) is 60.0 Å². The van der Waals surface area contributed by atoms with Gasteiger partial charge in [0.2, 0.25) is 12.7 Å². The zero-order valence-electron chi connectivity index (χ0n) is 15.2. The number of benzene rings is 1. The minimum absolute atomic E-state index is 0.0825. The predicted molar refractivity (Wildman–Crippen MR) is 103 cm³/mol. The lowest BCUT2D eigenvalue weighted by Gasteiger charge is -2.23. The molecule has 1 aromatic carbocycles. The first kappa shape index (κ1) is 18.3. The first-order valence-electron chi connectivity index (χ1n) is 9.29. The van der Waals surface area contributed by atoms with Crippen LogP contribution in [0.2, 0.25) is 0 Å². The van der Waals surface area contributed by atoms with Crippen molar-refractivity contribution in [3.8, 4) is 11.5 Å². The molecule has 7 heteroatoms. The standard InChI is InChI=1S/C20H24N2O4S/c23-20(11-21-10-16-3-1-7-24-16)22(13-17-4-2-8-27-17)12-15-5-6-18-19(9-15)26-14-25-18/h2,4-6,8-9,16,21H,1,3,7,10-14H2/t16-/m1/s1. The average molecular weight is 388 g/mol. The van der Waals surface area contributed by atoms with Crippen LogP contribution in [0.1, 0.15) is 23.3 Å². The van der Waals surface area contributed by atoms with Crippen LogP contribution in [0.15, 0.2) is 35.7 Å². The fourth-order valence-corrected chi connectivity index (χ4v) is 4.06. The van der Waals surface area contributed by atoms with Gasteiger partial charge in [0.25, 0.3) is 0 Å². The number of rotatable bonds is 8. The first-order valence-corrected chi connectivity index (χ1v) is 10.2. The number of ether oxygens (including phenoxy) is 3. The lowest BCUT2D eigenvalue weighted by atomic mass is 10.2. The number of amides is 1. The third-order valence-electron chi connectivity index (χ3n) is 4.76. The zero-order valence-corrected chi connectivity index (χ0v) is 16.0. The van der Waals surface area contributed by atoms with E-state index in [9.17, 15) is 4.79 Å². The van der Waals surface area contributed by atoms with Crippen LogP contribution >= 0.6 is 11.3 Å². The van der Waals surface area contributed by atoms with Crippen LogP contribution in [-0.4, -0.2) is 43.4 Å². The highest BCUT2D eigenvalue weighted by Crippen LogP contribution is 2.33. The summed E-state index contributed by atoms with van der Waals surface area (Å²) < 4.78 is 16.4. The lowest BCUT2D eigenvalue weighted by Crippen LogP contribution is -2.39. The Bertz CT molecular complexity index is 759. The van der Waals surface area contributed by atoms with E-state index in [0.29, 0.717) is 19.6 Å². The van der Waals surface area contributed by atoms with Gasteiger partial charge in [-0.05, 0) is 42.0 Å². The van der Waals surface area contributed by atoms with E-state index < -0.39 is 0 Å². The number of thiophene rings is 1. The van der Waals surface area contributed by atoms with Crippen molar-refractivity contribution in [1.29, 1.82) is 0 Å². The summed E-state index contributed by atoms with van der Waals surface area (Å²) in [4.78, 5) is 15.9. The Labute approximate surface area is 163 Å². The Balaban J connectivity index is 1.39. The second-order valence-electron chi connectivity index (χ2n) is 6.78. The van der Waals surface area contributed by atoms with Crippen LogP contribution in [0.5, 0.6) is 11.5 Å². The molecule has 2 aromatic rings. The van der Waals surface area contributed by atoms with Gasteiger partial charge in [-0.3, -0.25) is 4.79 Å². The maximum Gasteiger partial charge on any atom is 0.237 e. The molecule has 4 rings (SSSR count). The molecule has 144 valence electrons. The van der Waals surface area contributed by atoms with Gasteiger partial charge in [-0.1, -0.05) is 12.1 Å². The van der Waals surface area contributed by atoms with E-state index in [2.05, 4.69) is 11.4 Å². The zero-order chi connectivity index (χ0) is 18.5. The average Bonchev–Trinajstić information content (AvgIpc) is 3.43. The number of hydrogen-bond acceptors (Lipinski definition) is 6. The molecule has 0 saturated carbocycles. The Morgan fingerprint density at radius 3 is 2.96 bits per heavy atom. The number of carbonyl (C=O) groups excluding carboxylic acids is 1. The minimum atomic E-state index is 0.0825. The van der Waals surface area contributed by atoms with Gasteiger partial charge < -0.3 is 24.4 Å². The quantitative estimate of drug-likeness (QED) is 0.754. The smallest absolute Gasteiger partial charge is 0.237 e. The van der Waals surface area contributed by atoms with Crippen molar-refractivity contribution in [3.05, 3.63) is 46.2 Å². The first-order chi connectivity index (χ1) is 13.3. The summed E-state index contributed by atoms with van der Waals surface area (Å²) in [6, 6.07) is 9.92. The maximum absolute atomic E-state index is 12.9. The van der Waals surface area contributed by atoms with E-state index in [1.54, 1.807) is 11.3 Å². The van der Waals surface area contributed by atoms with Crippen molar-refractivity contribution in [1.82, 2.24) is 10.2 Å². The van der Waals surface area contributed by atoms with Gasteiger partial charge in [-0.2, -0.15) is 0 Å². The number of nitrogens with zero attached hydrogens (tertiary/aromatic N) is 1. The Morgan fingerprint density at radius 2 is 2.15 bits per heavy atom. The SMILES string of the molecule is O=C(CNC[C@H]1CCCO1)N(Cc1ccc2c(c1)OCO2)Cc1cccs1. The second kappa shape index (κ2) is 8.73. The predicted octanol–water partition coefficient (Wildman–Crippen LogP) is 2.77. The van der Waals surface area contributed by atoms with Crippen molar-refractivity contribution in [2.45, 2.75) is 32.0 Å². The molecule has 1 N–H and O–H groups in total. The van der Waals surface area contributed by atoms with E-state index in [1.807, 2.05) is 34.5 Å². The molecular formula is C20H24N2O4S. The highest BCUT2D eigenvalue weighted by atomic mass is 32.1. The van der Waals surface area contributed by atoms with Crippen LogP contribution in [0, 0.1) is 0 Å². The molecule has 2 aliphatic heterocycles. The molecule has 0 spiro atoms. The molecule has 0 radical (unpaired) electrons. The number of hydrogen-bond donors (Lipinski definition) is 1. The molecule has 1 saturated heterocycles. The summed E-state index contributed by atoms with van der Waals surface area (Å²) in [6.07, 6.45) is 2.41. The fraction of sp³-hybridized carbons (Fsp3) is 0.450. The van der Waals surface area contributed by atoms with Crippen LogP contribution < -0.4 is 14.8 Å². The Hall–Kier alpha value is -2.09. The number of fused-ring (bicyclic) bond motifs is 1.